The first kappa shape index (κ1) is 11.0. The van der Waals surface area contributed by atoms with Crippen LogP contribution >= 0.6 is 0 Å². The van der Waals surface area contributed by atoms with Gasteiger partial charge in [-0.3, -0.25) is 9.78 Å². The molecule has 0 spiro atoms. The molecule has 1 heterocycles. The first-order chi connectivity index (χ1) is 8.77. The van der Waals surface area contributed by atoms with Crippen molar-refractivity contribution in [3.63, 3.8) is 0 Å². The number of hydrogen-bond donors (Lipinski definition) is 1. The van der Waals surface area contributed by atoms with Gasteiger partial charge in [-0.1, -0.05) is 30.3 Å². The Morgan fingerprint density at radius 2 is 1.94 bits per heavy atom. The summed E-state index contributed by atoms with van der Waals surface area (Å²) in [6.45, 7) is 0. The number of carbonyl (C=O) groups excluding carboxylic acids is 1. The van der Waals surface area contributed by atoms with Crippen molar-refractivity contribution in [3.8, 4) is 0 Å². The molecule has 0 saturated heterocycles. The van der Waals surface area contributed by atoms with E-state index >= 15 is 0 Å². The lowest BCUT2D eigenvalue weighted by molar-refractivity contribution is 0.0965. The largest absolute Gasteiger partial charge is 0.397 e. The highest BCUT2D eigenvalue weighted by Crippen LogP contribution is 2.49. The number of nitrogens with zero attached hydrogens (tertiary/aromatic N) is 1. The van der Waals surface area contributed by atoms with Crippen LogP contribution in [-0.2, 0) is 0 Å². The molecule has 18 heavy (non-hydrogen) atoms. The second kappa shape index (κ2) is 4.26. The van der Waals surface area contributed by atoms with E-state index in [0.29, 0.717) is 5.69 Å². The van der Waals surface area contributed by atoms with Crippen molar-refractivity contribution in [2.24, 2.45) is 5.92 Å². The fraction of sp³-hybridized carbons (Fsp3) is 0.200. The van der Waals surface area contributed by atoms with Crippen molar-refractivity contribution in [1.29, 1.82) is 0 Å². The molecule has 1 aromatic heterocycles. The third-order valence-electron chi connectivity index (χ3n) is 3.41. The number of pyridine rings is 1. The number of Topliss-reactive ketones (excluding diaryl/α,β-unsaturated/α-hetero) is 1. The maximum Gasteiger partial charge on any atom is 0.166 e. The van der Waals surface area contributed by atoms with Crippen molar-refractivity contribution in [2.75, 3.05) is 5.73 Å². The topological polar surface area (TPSA) is 56.0 Å². The molecule has 2 unspecified atom stereocenters. The predicted molar refractivity (Wildman–Crippen MR) is 70.3 cm³/mol. The van der Waals surface area contributed by atoms with Crippen molar-refractivity contribution in [2.45, 2.75) is 12.3 Å². The molecule has 3 heteroatoms. The summed E-state index contributed by atoms with van der Waals surface area (Å²) < 4.78 is 0. The van der Waals surface area contributed by atoms with Gasteiger partial charge in [0.25, 0.3) is 0 Å². The van der Waals surface area contributed by atoms with E-state index in [1.54, 1.807) is 6.20 Å². The Morgan fingerprint density at radius 1 is 1.17 bits per heavy atom. The van der Waals surface area contributed by atoms with E-state index in [4.69, 9.17) is 5.73 Å². The van der Waals surface area contributed by atoms with Gasteiger partial charge in [0.1, 0.15) is 0 Å². The lowest BCUT2D eigenvalue weighted by atomic mass is 10.0. The average molecular weight is 238 g/mol. The molecule has 3 rings (SSSR count). The summed E-state index contributed by atoms with van der Waals surface area (Å²) in [7, 11) is 0. The Balaban J connectivity index is 1.79. The molecule has 2 N–H and O–H groups in total. The van der Waals surface area contributed by atoms with E-state index < -0.39 is 0 Å². The van der Waals surface area contributed by atoms with Gasteiger partial charge in [0.05, 0.1) is 11.4 Å². The number of nitrogen functional groups attached to an aromatic ring is 1. The van der Waals surface area contributed by atoms with Crippen LogP contribution in [0.15, 0.2) is 48.7 Å². The Bertz CT molecular complexity index is 580. The second-order valence-electron chi connectivity index (χ2n) is 4.66. The predicted octanol–water partition coefficient (Wildman–Crippen LogP) is 2.65. The highest BCUT2D eigenvalue weighted by Gasteiger charge is 2.45. The van der Waals surface area contributed by atoms with Crippen LogP contribution in [0.1, 0.15) is 28.4 Å². The number of nitrogens with two attached hydrogens (primary N) is 1. The van der Waals surface area contributed by atoms with Crippen LogP contribution in [0, 0.1) is 5.92 Å². The second-order valence-corrected chi connectivity index (χ2v) is 4.66. The first-order valence-electron chi connectivity index (χ1n) is 6.07. The minimum Gasteiger partial charge on any atom is -0.397 e. The summed E-state index contributed by atoms with van der Waals surface area (Å²) in [5.74, 6) is 0.439. The lowest BCUT2D eigenvalue weighted by Crippen LogP contribution is -2.04. The zero-order chi connectivity index (χ0) is 12.5. The van der Waals surface area contributed by atoms with E-state index in [1.807, 2.05) is 42.5 Å². The van der Waals surface area contributed by atoms with Gasteiger partial charge in [0, 0.05) is 23.6 Å². The third kappa shape index (κ3) is 1.88. The number of rotatable bonds is 3. The van der Waals surface area contributed by atoms with Crippen LogP contribution < -0.4 is 5.73 Å². The molecule has 1 aliphatic rings. The minimum absolute atomic E-state index is 0.0459. The fourth-order valence-corrected chi connectivity index (χ4v) is 2.34. The molecule has 3 nitrogen and oxygen atoms in total. The van der Waals surface area contributed by atoms with Crippen molar-refractivity contribution in [1.82, 2.24) is 4.98 Å². The zero-order valence-corrected chi connectivity index (χ0v) is 9.91. The van der Waals surface area contributed by atoms with Crippen LogP contribution in [0.5, 0.6) is 0 Å². The van der Waals surface area contributed by atoms with Gasteiger partial charge >= 0.3 is 0 Å². The van der Waals surface area contributed by atoms with Crippen LogP contribution in [0.25, 0.3) is 0 Å². The number of ketones is 1. The van der Waals surface area contributed by atoms with Gasteiger partial charge in [0.15, 0.2) is 5.78 Å². The summed E-state index contributed by atoms with van der Waals surface area (Å²) in [6, 6.07) is 13.1. The highest BCUT2D eigenvalue weighted by molar-refractivity contribution is 6.00. The molecule has 2 aromatic rings. The molecular weight excluding hydrogens is 224 g/mol. The zero-order valence-electron chi connectivity index (χ0n) is 9.91. The fourth-order valence-electron chi connectivity index (χ4n) is 2.34. The molecule has 1 aromatic carbocycles. The number of aromatic nitrogens is 1. The summed E-state index contributed by atoms with van der Waals surface area (Å²) in [5, 5.41) is 0. The third-order valence-corrected chi connectivity index (χ3v) is 3.41. The van der Waals surface area contributed by atoms with Gasteiger partial charge in [-0.05, 0) is 18.6 Å². The molecule has 0 aliphatic heterocycles. The molecule has 1 fully saturated rings. The number of benzene rings is 1. The maximum atomic E-state index is 12.2. The van der Waals surface area contributed by atoms with Crippen LogP contribution in [0.2, 0.25) is 0 Å². The Labute approximate surface area is 106 Å². The van der Waals surface area contributed by atoms with Gasteiger partial charge in [-0.2, -0.15) is 0 Å². The number of hydrogen-bond acceptors (Lipinski definition) is 3. The summed E-state index contributed by atoms with van der Waals surface area (Å²) in [6.07, 6.45) is 2.59. The monoisotopic (exact) mass is 238 g/mol. The molecule has 1 saturated carbocycles. The quantitative estimate of drug-likeness (QED) is 0.836. The lowest BCUT2D eigenvalue weighted by Gasteiger charge is -2.03. The normalized spacial score (nSPS) is 21.6. The summed E-state index contributed by atoms with van der Waals surface area (Å²) in [5.41, 5.74) is 8.22. The molecule has 0 radical (unpaired) electrons. The van der Waals surface area contributed by atoms with Crippen LogP contribution in [0.3, 0.4) is 0 Å². The number of anilines is 1. The highest BCUT2D eigenvalue weighted by atomic mass is 16.1. The molecular formula is C15H14N2O. The first-order valence-corrected chi connectivity index (χ1v) is 6.07. The molecule has 2 atom stereocenters. The molecule has 0 bridgehead atoms. The number of carbonyl (C=O) groups is 1. The average Bonchev–Trinajstić information content (AvgIpc) is 3.20. The van der Waals surface area contributed by atoms with Gasteiger partial charge in [-0.25, -0.2) is 0 Å². The molecule has 90 valence electrons. The van der Waals surface area contributed by atoms with Gasteiger partial charge in [0.2, 0.25) is 0 Å². The van der Waals surface area contributed by atoms with Crippen LogP contribution in [0.4, 0.5) is 5.69 Å². The molecule has 0 amide bonds. The Morgan fingerprint density at radius 3 is 2.67 bits per heavy atom. The Kier molecular flexibility index (Phi) is 2.59. The summed E-state index contributed by atoms with van der Waals surface area (Å²) >= 11 is 0. The maximum absolute atomic E-state index is 12.2. The summed E-state index contributed by atoms with van der Waals surface area (Å²) in [4.78, 5) is 16.5. The van der Waals surface area contributed by atoms with Gasteiger partial charge < -0.3 is 5.73 Å². The van der Waals surface area contributed by atoms with E-state index in [1.165, 1.54) is 0 Å². The van der Waals surface area contributed by atoms with Crippen molar-refractivity contribution < 1.29 is 4.79 Å². The van der Waals surface area contributed by atoms with Crippen LogP contribution in [-0.4, -0.2) is 10.8 Å². The minimum atomic E-state index is 0.0459. The van der Waals surface area contributed by atoms with E-state index in [9.17, 15) is 4.79 Å². The van der Waals surface area contributed by atoms with Crippen molar-refractivity contribution >= 4 is 11.5 Å². The van der Waals surface area contributed by atoms with E-state index in [0.717, 1.165) is 17.7 Å². The molecule has 1 aliphatic carbocycles. The van der Waals surface area contributed by atoms with E-state index in [2.05, 4.69) is 4.98 Å². The van der Waals surface area contributed by atoms with E-state index in [-0.39, 0.29) is 17.6 Å². The standard InChI is InChI=1S/C15H14N2O/c16-13-7-4-8-17-14(13)11-9-12(11)15(18)10-5-2-1-3-6-10/h1-8,11-12H,9,16H2. The van der Waals surface area contributed by atoms with Gasteiger partial charge in [-0.15, -0.1) is 0 Å². The SMILES string of the molecule is Nc1cccnc1C1CC1C(=O)c1ccccc1. The van der Waals surface area contributed by atoms with Crippen molar-refractivity contribution in [3.05, 3.63) is 59.9 Å². The smallest absolute Gasteiger partial charge is 0.166 e. The Hall–Kier alpha value is -2.16.